The highest BCUT2D eigenvalue weighted by Gasteiger charge is 2.35. The highest BCUT2D eigenvalue weighted by molar-refractivity contribution is 6.21. The van der Waals surface area contributed by atoms with Crippen LogP contribution in [0.2, 0.25) is 0 Å². The fourth-order valence-corrected chi connectivity index (χ4v) is 2.66. The van der Waals surface area contributed by atoms with Crippen LogP contribution in [0.25, 0.3) is 0 Å². The molecule has 0 saturated carbocycles. The molecule has 0 unspecified atom stereocenters. The first kappa shape index (κ1) is 23.0. The Morgan fingerprint density at radius 2 is 1.50 bits per heavy atom. The van der Waals surface area contributed by atoms with E-state index in [-0.39, 0.29) is 24.5 Å². The highest BCUT2D eigenvalue weighted by atomic mass is 19.1. The number of imide groups is 1. The van der Waals surface area contributed by atoms with E-state index in [1.807, 2.05) is 0 Å². The number of Topliss-reactive ketones (excluding diaryl/α,β-unsaturated/α-hetero) is 1. The lowest BCUT2D eigenvalue weighted by molar-refractivity contribution is 0.0664. The molecule has 0 aliphatic carbocycles. The molecule has 0 aromatic heterocycles. The highest BCUT2D eigenvalue weighted by Crippen LogP contribution is 2.23. The Kier molecular flexibility index (Phi) is 8.04. The van der Waals surface area contributed by atoms with Gasteiger partial charge in [0, 0.05) is 11.1 Å². The Hall–Kier alpha value is -3.28. The average Bonchev–Trinajstić information content (AvgIpc) is 2.95. The third-order valence-corrected chi connectivity index (χ3v) is 4.08. The van der Waals surface area contributed by atoms with Crippen molar-refractivity contribution in [2.45, 2.75) is 27.7 Å². The number of hydrogen-bond donors (Lipinski definition) is 0. The van der Waals surface area contributed by atoms with Crippen LogP contribution in [-0.2, 0) is 0 Å². The minimum Gasteiger partial charge on any atom is -0.489 e. The number of amides is 2. The lowest BCUT2D eigenvalue weighted by Crippen LogP contribution is -2.32. The zero-order chi connectivity index (χ0) is 22.3. The van der Waals surface area contributed by atoms with Gasteiger partial charge in [-0.2, -0.15) is 0 Å². The molecule has 0 atom stereocenters. The molecule has 5 nitrogen and oxygen atoms in total. The van der Waals surface area contributed by atoms with E-state index in [1.165, 1.54) is 6.92 Å². The summed E-state index contributed by atoms with van der Waals surface area (Å²) in [7, 11) is 0. The molecule has 30 heavy (non-hydrogen) atoms. The van der Waals surface area contributed by atoms with Gasteiger partial charge in [0.1, 0.15) is 12.4 Å². The molecule has 1 aliphatic rings. The Morgan fingerprint density at radius 1 is 1.00 bits per heavy atom. The number of rotatable bonds is 6. The Balaban J connectivity index is 0.000000735. The van der Waals surface area contributed by atoms with Crippen molar-refractivity contribution >= 4 is 17.6 Å². The summed E-state index contributed by atoms with van der Waals surface area (Å²) in [5, 5.41) is 0. The van der Waals surface area contributed by atoms with E-state index in [0.29, 0.717) is 28.8 Å². The normalized spacial score (nSPS) is 13.1. The number of carbonyl (C=O) groups excluding carboxylic acids is 3. The fourth-order valence-electron chi connectivity index (χ4n) is 2.66. The Bertz CT molecular complexity index is 910. The summed E-state index contributed by atoms with van der Waals surface area (Å²) in [5.74, 6) is 0.328. The fraction of sp³-hybridized carbons (Fsp3) is 0.292. The van der Waals surface area contributed by atoms with Gasteiger partial charge < -0.3 is 4.74 Å². The number of fused-ring (bicyclic) bond motifs is 1. The smallest absolute Gasteiger partial charge is 0.261 e. The maximum Gasteiger partial charge on any atom is 0.261 e. The first-order valence-corrected chi connectivity index (χ1v) is 9.71. The number of hydrogen-bond acceptors (Lipinski definition) is 4. The molecule has 1 heterocycles. The van der Waals surface area contributed by atoms with Crippen LogP contribution in [0, 0.1) is 5.92 Å². The molecule has 0 N–H and O–H groups in total. The van der Waals surface area contributed by atoms with Crippen molar-refractivity contribution in [2.24, 2.45) is 5.92 Å². The topological polar surface area (TPSA) is 63.7 Å². The van der Waals surface area contributed by atoms with Crippen LogP contribution in [0.4, 0.5) is 4.39 Å². The number of halogens is 1. The molecule has 2 aromatic carbocycles. The maximum atomic E-state index is 13.2. The van der Waals surface area contributed by atoms with Crippen molar-refractivity contribution < 1.29 is 23.5 Å². The minimum absolute atomic E-state index is 0.0634. The van der Waals surface area contributed by atoms with E-state index in [9.17, 15) is 18.8 Å². The van der Waals surface area contributed by atoms with Gasteiger partial charge in [-0.3, -0.25) is 19.3 Å². The molecule has 0 radical (unpaired) electrons. The molecule has 2 amide bonds. The molecule has 158 valence electrons. The SMILES string of the molecule is CC(=O)c1ccc(OC/C(=C/F)CN2C(=O)c3ccccc3C2=O)cc1.CC(C)C. The van der Waals surface area contributed by atoms with E-state index < -0.39 is 11.8 Å². The van der Waals surface area contributed by atoms with Crippen molar-refractivity contribution in [3.63, 3.8) is 0 Å². The summed E-state index contributed by atoms with van der Waals surface area (Å²) in [6, 6.07) is 12.9. The van der Waals surface area contributed by atoms with Gasteiger partial charge in [-0.15, -0.1) is 0 Å². The Morgan fingerprint density at radius 3 is 1.93 bits per heavy atom. The summed E-state index contributed by atoms with van der Waals surface area (Å²) >= 11 is 0. The predicted octanol–water partition coefficient (Wildman–Crippen LogP) is 5.08. The standard InChI is InChI=1S/C20H16FNO4.C4H10/c1-13(23)15-6-8-16(9-7-15)26-12-14(10-21)11-22-19(24)17-4-2-3-5-18(17)20(22)25;1-4(2)3/h2-10H,11-12H2,1H3;4H,1-3H3/b14-10+;. The third-order valence-electron chi connectivity index (χ3n) is 4.08. The van der Waals surface area contributed by atoms with Gasteiger partial charge >= 0.3 is 0 Å². The summed E-state index contributed by atoms with van der Waals surface area (Å²) in [4.78, 5) is 36.9. The molecule has 0 saturated heterocycles. The van der Waals surface area contributed by atoms with Gasteiger partial charge in [0.15, 0.2) is 5.78 Å². The van der Waals surface area contributed by atoms with Crippen LogP contribution in [0.1, 0.15) is 58.8 Å². The second kappa shape index (κ2) is 10.5. The van der Waals surface area contributed by atoms with Crippen LogP contribution >= 0.6 is 0 Å². The predicted molar refractivity (Wildman–Crippen MR) is 113 cm³/mol. The van der Waals surface area contributed by atoms with E-state index in [0.717, 1.165) is 10.8 Å². The lowest BCUT2D eigenvalue weighted by Gasteiger charge is -2.16. The van der Waals surface area contributed by atoms with Crippen molar-refractivity contribution in [1.82, 2.24) is 4.90 Å². The number of ether oxygens (including phenoxy) is 1. The van der Waals surface area contributed by atoms with Gasteiger partial charge in [-0.05, 0) is 49.2 Å². The van der Waals surface area contributed by atoms with E-state index in [4.69, 9.17) is 4.74 Å². The molecule has 1 aliphatic heterocycles. The van der Waals surface area contributed by atoms with Crippen LogP contribution in [0.5, 0.6) is 5.75 Å². The van der Waals surface area contributed by atoms with Crippen molar-refractivity contribution in [3.8, 4) is 5.75 Å². The molecular weight excluding hydrogens is 385 g/mol. The quantitative estimate of drug-likeness (QED) is 0.491. The summed E-state index contributed by atoms with van der Waals surface area (Å²) in [6.45, 7) is 7.65. The number of ketones is 1. The van der Waals surface area contributed by atoms with Crippen LogP contribution < -0.4 is 4.74 Å². The number of benzene rings is 2. The number of nitrogens with zero attached hydrogens (tertiary/aromatic N) is 1. The first-order valence-electron chi connectivity index (χ1n) is 9.71. The van der Waals surface area contributed by atoms with E-state index in [1.54, 1.807) is 48.5 Å². The molecule has 3 rings (SSSR count). The molecular formula is C24H26FNO4. The van der Waals surface area contributed by atoms with Gasteiger partial charge in [0.2, 0.25) is 0 Å². The molecule has 0 fully saturated rings. The lowest BCUT2D eigenvalue weighted by atomic mass is 10.1. The van der Waals surface area contributed by atoms with E-state index in [2.05, 4.69) is 20.8 Å². The largest absolute Gasteiger partial charge is 0.489 e. The van der Waals surface area contributed by atoms with Crippen molar-refractivity contribution in [1.29, 1.82) is 0 Å². The average molecular weight is 411 g/mol. The van der Waals surface area contributed by atoms with Crippen molar-refractivity contribution in [2.75, 3.05) is 13.2 Å². The van der Waals surface area contributed by atoms with Gasteiger partial charge in [0.05, 0.1) is 24.0 Å². The molecule has 2 aromatic rings. The van der Waals surface area contributed by atoms with Crippen LogP contribution in [-0.4, -0.2) is 35.6 Å². The third kappa shape index (κ3) is 5.86. The van der Waals surface area contributed by atoms with Crippen LogP contribution in [0.3, 0.4) is 0 Å². The maximum absolute atomic E-state index is 13.2. The minimum atomic E-state index is -0.448. The number of carbonyl (C=O) groups is 3. The zero-order valence-corrected chi connectivity index (χ0v) is 17.6. The zero-order valence-electron chi connectivity index (χ0n) is 17.6. The van der Waals surface area contributed by atoms with Gasteiger partial charge in [-0.25, -0.2) is 4.39 Å². The second-order valence-electron chi connectivity index (χ2n) is 7.61. The summed E-state index contributed by atoms with van der Waals surface area (Å²) in [6.07, 6.45) is 0.341. The van der Waals surface area contributed by atoms with Crippen molar-refractivity contribution in [3.05, 3.63) is 77.1 Å². The molecule has 0 bridgehead atoms. The molecule has 6 heteroatoms. The monoisotopic (exact) mass is 411 g/mol. The van der Waals surface area contributed by atoms with Gasteiger partial charge in [0.25, 0.3) is 11.8 Å². The molecule has 0 spiro atoms. The second-order valence-corrected chi connectivity index (χ2v) is 7.61. The Labute approximate surface area is 176 Å². The van der Waals surface area contributed by atoms with Crippen LogP contribution in [0.15, 0.2) is 60.4 Å². The van der Waals surface area contributed by atoms with Gasteiger partial charge in [-0.1, -0.05) is 32.9 Å². The summed E-state index contributed by atoms with van der Waals surface area (Å²) < 4.78 is 18.7. The van der Waals surface area contributed by atoms with E-state index >= 15 is 0 Å². The first-order chi connectivity index (χ1) is 14.2. The summed E-state index contributed by atoms with van der Waals surface area (Å²) in [5.41, 5.74) is 1.33.